The summed E-state index contributed by atoms with van der Waals surface area (Å²) in [4.78, 5) is 4.32. The Balaban J connectivity index is 1.70. The van der Waals surface area contributed by atoms with Crippen molar-refractivity contribution in [3.05, 3.63) is 59.9 Å². The van der Waals surface area contributed by atoms with Gasteiger partial charge in [0, 0.05) is 6.54 Å². The summed E-state index contributed by atoms with van der Waals surface area (Å²) in [6, 6.07) is 14.4. The van der Waals surface area contributed by atoms with Gasteiger partial charge in [-0.15, -0.1) is 0 Å². The minimum Gasteiger partial charge on any atom is -0.492 e. The van der Waals surface area contributed by atoms with Gasteiger partial charge in [-0.3, -0.25) is 4.98 Å². The Labute approximate surface area is 114 Å². The van der Waals surface area contributed by atoms with E-state index in [9.17, 15) is 0 Å². The van der Waals surface area contributed by atoms with Gasteiger partial charge in [0.05, 0.1) is 18.5 Å². The maximum atomic E-state index is 5.68. The molecule has 0 aliphatic carbocycles. The highest BCUT2D eigenvalue weighted by atomic mass is 16.5. The van der Waals surface area contributed by atoms with E-state index in [1.807, 2.05) is 25.2 Å². The summed E-state index contributed by atoms with van der Waals surface area (Å²) in [6.07, 6.45) is 3.85. The fraction of sp³-hybridized carbons (Fsp3) is 0.312. The number of hydrogen-bond acceptors (Lipinski definition) is 3. The smallest absolute Gasteiger partial charge is 0.137 e. The standard InChI is InChI=1S/C16H20N2O/c1-17-12-15-9-10-16(13-18-15)19-11-5-8-14-6-3-2-4-7-14/h2-4,6-7,9-10,13,17H,5,8,11-12H2,1H3. The second kappa shape index (κ2) is 7.54. The van der Waals surface area contributed by atoms with E-state index in [1.54, 1.807) is 6.20 Å². The Bertz CT molecular complexity index is 468. The molecule has 0 aliphatic heterocycles. The second-order valence-corrected chi connectivity index (χ2v) is 4.45. The van der Waals surface area contributed by atoms with Crippen molar-refractivity contribution in [1.82, 2.24) is 10.3 Å². The summed E-state index contributed by atoms with van der Waals surface area (Å²) < 4.78 is 5.68. The summed E-state index contributed by atoms with van der Waals surface area (Å²) in [6.45, 7) is 1.51. The number of aryl methyl sites for hydroxylation is 1. The van der Waals surface area contributed by atoms with Gasteiger partial charge < -0.3 is 10.1 Å². The van der Waals surface area contributed by atoms with Crippen LogP contribution in [0.2, 0.25) is 0 Å². The van der Waals surface area contributed by atoms with Gasteiger partial charge >= 0.3 is 0 Å². The molecule has 0 aliphatic rings. The van der Waals surface area contributed by atoms with Crippen molar-refractivity contribution in [3.63, 3.8) is 0 Å². The average molecular weight is 256 g/mol. The first-order chi connectivity index (χ1) is 9.38. The minimum atomic E-state index is 0.724. The topological polar surface area (TPSA) is 34.1 Å². The highest BCUT2D eigenvalue weighted by molar-refractivity contribution is 5.20. The van der Waals surface area contributed by atoms with Gasteiger partial charge in [0.2, 0.25) is 0 Å². The fourth-order valence-corrected chi connectivity index (χ4v) is 1.89. The van der Waals surface area contributed by atoms with E-state index in [2.05, 4.69) is 34.6 Å². The molecule has 3 heteroatoms. The highest BCUT2D eigenvalue weighted by Gasteiger charge is 1.97. The molecule has 0 amide bonds. The number of rotatable bonds is 7. The van der Waals surface area contributed by atoms with E-state index >= 15 is 0 Å². The van der Waals surface area contributed by atoms with Gasteiger partial charge in [0.15, 0.2) is 0 Å². The SMILES string of the molecule is CNCc1ccc(OCCCc2ccccc2)cn1. The maximum absolute atomic E-state index is 5.68. The molecule has 0 radical (unpaired) electrons. The van der Waals surface area contributed by atoms with Gasteiger partial charge in [-0.25, -0.2) is 0 Å². The third-order valence-corrected chi connectivity index (χ3v) is 2.88. The number of ether oxygens (including phenoxy) is 1. The van der Waals surface area contributed by atoms with Crippen molar-refractivity contribution >= 4 is 0 Å². The van der Waals surface area contributed by atoms with Gasteiger partial charge in [0.1, 0.15) is 5.75 Å². The number of benzene rings is 1. The molecule has 0 bridgehead atoms. The molecule has 2 aromatic rings. The summed E-state index contributed by atoms with van der Waals surface area (Å²) >= 11 is 0. The molecule has 1 heterocycles. The maximum Gasteiger partial charge on any atom is 0.137 e. The summed E-state index contributed by atoms with van der Waals surface area (Å²) in [5, 5.41) is 3.07. The minimum absolute atomic E-state index is 0.724. The quantitative estimate of drug-likeness (QED) is 0.773. The van der Waals surface area contributed by atoms with Crippen molar-refractivity contribution in [1.29, 1.82) is 0 Å². The molecule has 1 aromatic heterocycles. The Morgan fingerprint density at radius 1 is 1.11 bits per heavy atom. The van der Waals surface area contributed by atoms with Crippen LogP contribution in [-0.2, 0) is 13.0 Å². The van der Waals surface area contributed by atoms with Crippen LogP contribution in [-0.4, -0.2) is 18.6 Å². The monoisotopic (exact) mass is 256 g/mol. The Kier molecular flexibility index (Phi) is 5.38. The zero-order chi connectivity index (χ0) is 13.3. The van der Waals surface area contributed by atoms with E-state index in [4.69, 9.17) is 4.74 Å². The van der Waals surface area contributed by atoms with Crippen LogP contribution in [0.15, 0.2) is 48.7 Å². The number of aromatic nitrogens is 1. The van der Waals surface area contributed by atoms with Crippen LogP contribution in [0.4, 0.5) is 0 Å². The largest absolute Gasteiger partial charge is 0.492 e. The summed E-state index contributed by atoms with van der Waals surface area (Å²) in [5.41, 5.74) is 2.38. The lowest BCUT2D eigenvalue weighted by atomic mass is 10.1. The molecule has 19 heavy (non-hydrogen) atoms. The lowest BCUT2D eigenvalue weighted by Crippen LogP contribution is -2.07. The molecule has 0 spiro atoms. The third kappa shape index (κ3) is 4.72. The Hall–Kier alpha value is -1.87. The van der Waals surface area contributed by atoms with E-state index < -0.39 is 0 Å². The van der Waals surface area contributed by atoms with Crippen LogP contribution in [0.5, 0.6) is 5.75 Å². The van der Waals surface area contributed by atoms with Gasteiger partial charge in [0.25, 0.3) is 0 Å². The molecule has 0 atom stereocenters. The number of hydrogen-bond donors (Lipinski definition) is 1. The molecule has 1 aromatic carbocycles. The molecule has 100 valence electrons. The first kappa shape index (κ1) is 13.6. The van der Waals surface area contributed by atoms with Crippen LogP contribution in [0.3, 0.4) is 0 Å². The number of nitrogens with zero attached hydrogens (tertiary/aromatic N) is 1. The number of pyridine rings is 1. The highest BCUT2D eigenvalue weighted by Crippen LogP contribution is 2.10. The van der Waals surface area contributed by atoms with E-state index in [0.29, 0.717) is 0 Å². The zero-order valence-corrected chi connectivity index (χ0v) is 11.3. The van der Waals surface area contributed by atoms with Crippen LogP contribution in [0, 0.1) is 0 Å². The molecule has 1 N–H and O–H groups in total. The van der Waals surface area contributed by atoms with Crippen molar-refractivity contribution in [3.8, 4) is 5.75 Å². The molecule has 3 nitrogen and oxygen atoms in total. The van der Waals surface area contributed by atoms with Crippen LogP contribution < -0.4 is 10.1 Å². The van der Waals surface area contributed by atoms with E-state index in [0.717, 1.165) is 37.4 Å². The third-order valence-electron chi connectivity index (χ3n) is 2.88. The summed E-state index contributed by atoms with van der Waals surface area (Å²) in [7, 11) is 1.91. The predicted octanol–water partition coefficient (Wildman–Crippen LogP) is 2.81. The first-order valence-electron chi connectivity index (χ1n) is 6.65. The van der Waals surface area contributed by atoms with Gasteiger partial charge in [-0.1, -0.05) is 30.3 Å². The molecule has 0 saturated heterocycles. The van der Waals surface area contributed by atoms with Crippen LogP contribution in [0.25, 0.3) is 0 Å². The van der Waals surface area contributed by atoms with Gasteiger partial charge in [-0.05, 0) is 37.6 Å². The molecule has 0 saturated carbocycles. The lowest BCUT2D eigenvalue weighted by molar-refractivity contribution is 0.309. The van der Waals surface area contributed by atoms with Gasteiger partial charge in [-0.2, -0.15) is 0 Å². The molecule has 0 fully saturated rings. The lowest BCUT2D eigenvalue weighted by Gasteiger charge is -2.06. The van der Waals surface area contributed by atoms with Crippen molar-refractivity contribution in [2.24, 2.45) is 0 Å². The Morgan fingerprint density at radius 3 is 2.63 bits per heavy atom. The predicted molar refractivity (Wildman–Crippen MR) is 77.3 cm³/mol. The fourth-order valence-electron chi connectivity index (χ4n) is 1.89. The normalized spacial score (nSPS) is 10.4. The molecule has 2 rings (SSSR count). The van der Waals surface area contributed by atoms with E-state index in [-0.39, 0.29) is 0 Å². The Morgan fingerprint density at radius 2 is 1.95 bits per heavy atom. The first-order valence-corrected chi connectivity index (χ1v) is 6.65. The summed E-state index contributed by atoms with van der Waals surface area (Å²) in [5.74, 6) is 0.841. The van der Waals surface area contributed by atoms with Crippen molar-refractivity contribution < 1.29 is 4.74 Å². The van der Waals surface area contributed by atoms with Crippen LogP contribution in [0.1, 0.15) is 17.7 Å². The van der Waals surface area contributed by atoms with Crippen LogP contribution >= 0.6 is 0 Å². The molecular weight excluding hydrogens is 236 g/mol. The number of nitrogens with one attached hydrogen (secondary N) is 1. The zero-order valence-electron chi connectivity index (χ0n) is 11.3. The molecule has 0 unspecified atom stereocenters. The second-order valence-electron chi connectivity index (χ2n) is 4.45. The average Bonchev–Trinajstić information content (AvgIpc) is 2.47. The van der Waals surface area contributed by atoms with Crippen molar-refractivity contribution in [2.45, 2.75) is 19.4 Å². The van der Waals surface area contributed by atoms with E-state index in [1.165, 1.54) is 5.56 Å². The molecular formula is C16H20N2O. The van der Waals surface area contributed by atoms with Crippen molar-refractivity contribution in [2.75, 3.05) is 13.7 Å².